The molecule has 0 atom stereocenters. The Labute approximate surface area is 180 Å². The van der Waals surface area contributed by atoms with Gasteiger partial charge in [-0.25, -0.2) is 0 Å². The van der Waals surface area contributed by atoms with Gasteiger partial charge in [-0.3, -0.25) is 0 Å². The van der Waals surface area contributed by atoms with E-state index in [-0.39, 0.29) is 31.8 Å². The molecule has 0 saturated carbocycles. The van der Waals surface area contributed by atoms with Crippen LogP contribution in [0.3, 0.4) is 0 Å². The van der Waals surface area contributed by atoms with Crippen LogP contribution < -0.4 is 4.74 Å². The third-order valence-corrected chi connectivity index (χ3v) is 6.09. The molecule has 0 spiro atoms. The molecule has 28 heavy (non-hydrogen) atoms. The zero-order valence-electron chi connectivity index (χ0n) is 13.4. The van der Waals surface area contributed by atoms with E-state index in [9.17, 15) is 13.2 Å². The summed E-state index contributed by atoms with van der Waals surface area (Å²) in [7, 11) is 0. The molecule has 2 aliphatic heterocycles. The second-order valence-corrected chi connectivity index (χ2v) is 8.51. The van der Waals surface area contributed by atoms with Crippen molar-refractivity contribution in [1.29, 1.82) is 0 Å². The third kappa shape index (κ3) is 3.09. The van der Waals surface area contributed by atoms with Gasteiger partial charge in [0.25, 0.3) is 0 Å². The van der Waals surface area contributed by atoms with Gasteiger partial charge >= 0.3 is 13.3 Å². The Morgan fingerprint density at radius 2 is 1.71 bits per heavy atom. The van der Waals surface area contributed by atoms with E-state index in [2.05, 4.69) is 52.5 Å². The quantitative estimate of drug-likeness (QED) is 0.298. The highest BCUT2D eigenvalue weighted by Gasteiger charge is 2.54. The van der Waals surface area contributed by atoms with Crippen molar-refractivity contribution >= 4 is 65.0 Å². The van der Waals surface area contributed by atoms with Crippen LogP contribution in [0.15, 0.2) is 57.3 Å². The zero-order chi connectivity index (χ0) is 20.4. The first-order valence-corrected chi connectivity index (χ1v) is 10.1. The molecule has 1 aromatic heterocycles. The molecule has 1 aromatic carbocycles. The summed E-state index contributed by atoms with van der Waals surface area (Å²) in [5.74, 6) is -0.490. The van der Waals surface area contributed by atoms with Gasteiger partial charge in [-0.2, -0.15) is 0 Å². The van der Waals surface area contributed by atoms with E-state index >= 15 is 8.63 Å². The number of ether oxygens (including phenoxy) is 1. The summed E-state index contributed by atoms with van der Waals surface area (Å²) < 4.78 is 75.6. The van der Waals surface area contributed by atoms with Gasteiger partial charge < -0.3 is 22.3 Å². The highest BCUT2D eigenvalue weighted by atomic mass is 79.9. The van der Waals surface area contributed by atoms with Crippen LogP contribution in [-0.4, -0.2) is 26.9 Å². The maximum Gasteiger partial charge on any atom is 0.738 e. The topological polar surface area (TPSA) is 17.2 Å². The van der Waals surface area contributed by atoms with E-state index < -0.39 is 19.1 Å². The first-order chi connectivity index (χ1) is 13.0. The Balaban J connectivity index is 2.07. The molecule has 0 saturated heterocycles. The molecule has 0 fully saturated rings. The predicted octanol–water partition coefficient (Wildman–Crippen LogP) is 6.28. The molecule has 2 aromatic rings. The highest BCUT2D eigenvalue weighted by molar-refractivity contribution is 9.18. The number of hydrogen-bond donors (Lipinski definition) is 0. The van der Waals surface area contributed by atoms with E-state index in [1.165, 1.54) is 36.4 Å². The smallest absolute Gasteiger partial charge is 0.405 e. The molecule has 0 radical (unpaired) electrons. The fourth-order valence-corrected chi connectivity index (χ4v) is 4.82. The second kappa shape index (κ2) is 6.56. The van der Waals surface area contributed by atoms with Gasteiger partial charge in [-0.1, -0.05) is 15.9 Å². The summed E-state index contributed by atoms with van der Waals surface area (Å²) in [6.07, 6.45) is -2.08. The monoisotopic (exact) mass is 586 g/mol. The van der Waals surface area contributed by atoms with Crippen molar-refractivity contribution in [1.82, 2.24) is 4.48 Å². The predicted molar refractivity (Wildman–Crippen MR) is 106 cm³/mol. The van der Waals surface area contributed by atoms with Crippen molar-refractivity contribution < 1.29 is 31.0 Å². The summed E-state index contributed by atoms with van der Waals surface area (Å²) in [6, 6.07) is 6.79. The lowest BCUT2D eigenvalue weighted by Gasteiger charge is -2.32. The minimum atomic E-state index is -4.93. The van der Waals surface area contributed by atoms with Crippen molar-refractivity contribution in [2.45, 2.75) is 6.36 Å². The fraction of sp³-hybridized carbons (Fsp3) is 0.0625. The van der Waals surface area contributed by atoms with Gasteiger partial charge in [0.15, 0.2) is 5.70 Å². The standard InChI is InChI=1S/C16H7BBr3F5N2O/c18-8-1-4-12(28-16(21,22)23)9(7-8)15-10-2-5-13(19)26(10)17(24,25)27-11(15)3-6-14(27)20/h1-7H. The molecule has 3 nitrogen and oxygen atoms in total. The summed E-state index contributed by atoms with van der Waals surface area (Å²) in [6.45, 7) is -4.27. The van der Waals surface area contributed by atoms with Crippen LogP contribution in [0, 0.1) is 0 Å². The minimum absolute atomic E-state index is 0.0247. The summed E-state index contributed by atoms with van der Waals surface area (Å²) in [5.41, 5.74) is 0.349. The Kier molecular flexibility index (Phi) is 4.66. The van der Waals surface area contributed by atoms with Gasteiger partial charge in [0.2, 0.25) is 4.62 Å². The molecular formula is C16H7BBr3F5N2O. The van der Waals surface area contributed by atoms with Gasteiger partial charge in [0.05, 0.1) is 10.2 Å². The lowest BCUT2D eigenvalue weighted by atomic mass is 9.86. The largest absolute Gasteiger partial charge is 0.738 e. The Bertz CT molecular complexity index is 1100. The maximum absolute atomic E-state index is 15.2. The van der Waals surface area contributed by atoms with E-state index in [1.807, 2.05) is 0 Å². The van der Waals surface area contributed by atoms with Crippen molar-refractivity contribution in [3.8, 4) is 5.75 Å². The highest BCUT2D eigenvalue weighted by Crippen LogP contribution is 2.45. The summed E-state index contributed by atoms with van der Waals surface area (Å²) >= 11 is 9.45. The lowest BCUT2D eigenvalue weighted by molar-refractivity contribution is -0.358. The number of alkyl halides is 3. The SMILES string of the molecule is F[B-]1(F)n2c(Br)ccc2C(c2cc(Br)ccc2OC(F)(F)F)=C2C=CC(Br)=[N+]21. The normalized spacial score (nSPS) is 17.9. The van der Waals surface area contributed by atoms with E-state index in [1.54, 1.807) is 0 Å². The van der Waals surface area contributed by atoms with Gasteiger partial charge in [-0.05, 0) is 46.3 Å². The van der Waals surface area contributed by atoms with Crippen molar-refractivity contribution in [2.24, 2.45) is 0 Å². The van der Waals surface area contributed by atoms with Crippen LogP contribution in [0.4, 0.5) is 21.8 Å². The number of allylic oxidation sites excluding steroid dienone is 2. The van der Waals surface area contributed by atoms with Crippen LogP contribution in [0.1, 0.15) is 11.3 Å². The van der Waals surface area contributed by atoms with Crippen LogP contribution in [0.2, 0.25) is 0 Å². The lowest BCUT2D eigenvalue weighted by Crippen LogP contribution is -2.50. The molecule has 12 heteroatoms. The molecule has 0 amide bonds. The third-order valence-electron chi connectivity index (χ3n) is 4.31. The van der Waals surface area contributed by atoms with Crippen molar-refractivity contribution in [2.75, 3.05) is 0 Å². The molecule has 0 unspecified atom stereocenters. The van der Waals surface area contributed by atoms with Gasteiger partial charge in [0.1, 0.15) is 5.75 Å². The number of benzene rings is 1. The first-order valence-electron chi connectivity index (χ1n) is 7.70. The average Bonchev–Trinajstić information content (AvgIpc) is 3.14. The van der Waals surface area contributed by atoms with Gasteiger partial charge in [0, 0.05) is 43.8 Å². The fourth-order valence-electron chi connectivity index (χ4n) is 3.32. The number of halogens is 8. The van der Waals surface area contributed by atoms with Crippen molar-refractivity contribution in [3.05, 3.63) is 68.5 Å². The molecule has 3 heterocycles. The number of fused-ring (bicyclic) bond motifs is 2. The number of aromatic nitrogens is 1. The van der Waals surface area contributed by atoms with Crippen LogP contribution in [-0.2, 0) is 0 Å². The molecule has 4 rings (SSSR count). The Morgan fingerprint density at radius 3 is 2.39 bits per heavy atom. The molecule has 0 aliphatic carbocycles. The summed E-state index contributed by atoms with van der Waals surface area (Å²) in [5, 5.41) is 0. The van der Waals surface area contributed by atoms with Gasteiger partial charge in [-0.15, -0.1) is 13.2 Å². The Hall–Kier alpha value is -1.40. The number of hydrogen-bond acceptors (Lipinski definition) is 1. The first kappa shape index (κ1) is 19.9. The van der Waals surface area contributed by atoms with Crippen LogP contribution in [0.25, 0.3) is 5.57 Å². The second-order valence-electron chi connectivity index (χ2n) is 5.97. The van der Waals surface area contributed by atoms with E-state index in [0.29, 0.717) is 4.47 Å². The molecule has 2 aliphatic rings. The maximum atomic E-state index is 15.2. The summed E-state index contributed by atoms with van der Waals surface area (Å²) in [4.78, 5) is 0. The average molecular weight is 589 g/mol. The zero-order valence-corrected chi connectivity index (χ0v) is 18.2. The Morgan fingerprint density at radius 1 is 1.00 bits per heavy atom. The van der Waals surface area contributed by atoms with E-state index in [4.69, 9.17) is 0 Å². The molecular weight excluding hydrogens is 582 g/mol. The molecule has 0 bridgehead atoms. The van der Waals surface area contributed by atoms with Crippen LogP contribution >= 0.6 is 47.8 Å². The number of nitrogens with zero attached hydrogens (tertiary/aromatic N) is 2. The minimum Gasteiger partial charge on any atom is -0.405 e. The van der Waals surface area contributed by atoms with Crippen LogP contribution in [0.5, 0.6) is 5.75 Å². The molecule has 0 N–H and O–H groups in total. The molecule has 146 valence electrons. The van der Waals surface area contributed by atoms with E-state index in [0.717, 1.165) is 15.0 Å². The number of rotatable bonds is 2. The van der Waals surface area contributed by atoms with Crippen molar-refractivity contribution in [3.63, 3.8) is 0 Å².